The van der Waals surface area contributed by atoms with Crippen LogP contribution in [-0.2, 0) is 14.3 Å². The largest absolute Gasteiger partial charge is 0.484 e. The van der Waals surface area contributed by atoms with Crippen molar-refractivity contribution in [2.75, 3.05) is 13.7 Å². The van der Waals surface area contributed by atoms with E-state index in [9.17, 15) is 14.4 Å². The molecule has 0 aliphatic rings. The zero-order chi connectivity index (χ0) is 18.1. The molecule has 0 radical (unpaired) electrons. The van der Waals surface area contributed by atoms with Crippen LogP contribution in [0.3, 0.4) is 0 Å². The number of rotatable bonds is 9. The van der Waals surface area contributed by atoms with Crippen LogP contribution in [0.2, 0.25) is 0 Å². The Morgan fingerprint density at radius 3 is 2.25 bits per heavy atom. The van der Waals surface area contributed by atoms with Crippen molar-refractivity contribution in [2.45, 2.75) is 39.7 Å². The van der Waals surface area contributed by atoms with E-state index >= 15 is 0 Å². The molecule has 0 bridgehead atoms. The molecule has 0 spiro atoms. The molecular formula is C18H25NO5. The molecular weight excluding hydrogens is 310 g/mol. The van der Waals surface area contributed by atoms with Gasteiger partial charge in [-0.1, -0.05) is 27.2 Å². The van der Waals surface area contributed by atoms with Crippen molar-refractivity contribution < 1.29 is 23.9 Å². The minimum absolute atomic E-state index is 0.0410. The van der Waals surface area contributed by atoms with E-state index in [4.69, 9.17) is 9.47 Å². The van der Waals surface area contributed by atoms with Crippen LogP contribution in [0, 0.1) is 5.92 Å². The lowest BCUT2D eigenvalue weighted by Crippen LogP contribution is -2.47. The number of carbonyl (C=O) groups excluding carboxylic acids is 3. The Labute approximate surface area is 142 Å². The van der Waals surface area contributed by atoms with Crippen LogP contribution in [0.15, 0.2) is 24.3 Å². The van der Waals surface area contributed by atoms with Gasteiger partial charge < -0.3 is 14.8 Å². The number of hydrogen-bond acceptors (Lipinski definition) is 5. The fraction of sp³-hybridized carbons (Fsp3) is 0.500. The van der Waals surface area contributed by atoms with Gasteiger partial charge in [0.05, 0.1) is 7.11 Å². The molecule has 1 aromatic carbocycles. The number of methoxy groups -OCH3 is 1. The van der Waals surface area contributed by atoms with E-state index in [-0.39, 0.29) is 18.3 Å². The molecule has 0 aliphatic heterocycles. The third kappa shape index (κ3) is 5.68. The number of amides is 1. The molecule has 1 aromatic rings. The molecule has 0 heterocycles. The lowest BCUT2D eigenvalue weighted by atomic mass is 9.99. The van der Waals surface area contributed by atoms with Gasteiger partial charge in [-0.3, -0.25) is 9.59 Å². The number of benzene rings is 1. The maximum absolute atomic E-state index is 12.0. The van der Waals surface area contributed by atoms with Gasteiger partial charge in [0.25, 0.3) is 5.91 Å². The summed E-state index contributed by atoms with van der Waals surface area (Å²) in [5.41, 5.74) is 0.608. The number of hydrogen-bond donors (Lipinski definition) is 1. The average molecular weight is 335 g/mol. The first-order valence-electron chi connectivity index (χ1n) is 8.06. The topological polar surface area (TPSA) is 81.7 Å². The second-order valence-electron chi connectivity index (χ2n) is 5.54. The van der Waals surface area contributed by atoms with E-state index < -0.39 is 17.9 Å². The first-order valence-corrected chi connectivity index (χ1v) is 8.06. The molecule has 6 nitrogen and oxygen atoms in total. The number of ketones is 1. The van der Waals surface area contributed by atoms with Crippen molar-refractivity contribution in [1.29, 1.82) is 0 Å². The fourth-order valence-electron chi connectivity index (χ4n) is 2.10. The number of carbonyl (C=O) groups is 3. The monoisotopic (exact) mass is 335 g/mol. The fourth-order valence-corrected chi connectivity index (χ4v) is 2.10. The highest BCUT2D eigenvalue weighted by atomic mass is 16.5. The van der Waals surface area contributed by atoms with E-state index in [1.807, 2.05) is 13.8 Å². The Morgan fingerprint density at radius 2 is 1.75 bits per heavy atom. The zero-order valence-corrected chi connectivity index (χ0v) is 14.6. The van der Waals surface area contributed by atoms with Gasteiger partial charge in [0, 0.05) is 12.0 Å². The molecule has 24 heavy (non-hydrogen) atoms. The quantitative estimate of drug-likeness (QED) is 0.553. The zero-order valence-electron chi connectivity index (χ0n) is 14.6. The second-order valence-corrected chi connectivity index (χ2v) is 5.54. The van der Waals surface area contributed by atoms with Gasteiger partial charge in [0.15, 0.2) is 12.4 Å². The number of Topliss-reactive ketones (excluding diaryl/α,β-unsaturated/α-hetero) is 1. The van der Waals surface area contributed by atoms with Gasteiger partial charge >= 0.3 is 5.97 Å². The van der Waals surface area contributed by atoms with Gasteiger partial charge in [-0.15, -0.1) is 0 Å². The molecule has 0 saturated carbocycles. The van der Waals surface area contributed by atoms with Crippen molar-refractivity contribution in [3.63, 3.8) is 0 Å². The Kier molecular flexibility index (Phi) is 7.95. The summed E-state index contributed by atoms with van der Waals surface area (Å²) in [6.07, 6.45) is 1.17. The first kappa shape index (κ1) is 19.7. The molecule has 0 aromatic heterocycles. The van der Waals surface area contributed by atoms with E-state index in [1.54, 1.807) is 31.2 Å². The molecule has 132 valence electrons. The molecule has 0 saturated heterocycles. The molecule has 6 heteroatoms. The molecule has 1 amide bonds. The molecule has 1 N–H and O–H groups in total. The van der Waals surface area contributed by atoms with E-state index in [0.29, 0.717) is 17.7 Å². The minimum atomic E-state index is -0.694. The lowest BCUT2D eigenvalue weighted by molar-refractivity contribution is -0.146. The summed E-state index contributed by atoms with van der Waals surface area (Å²) in [5.74, 6) is -0.384. The highest BCUT2D eigenvalue weighted by molar-refractivity contribution is 5.95. The van der Waals surface area contributed by atoms with Crippen molar-refractivity contribution >= 4 is 17.7 Å². The molecule has 0 fully saturated rings. The summed E-state index contributed by atoms with van der Waals surface area (Å²) in [5, 5.41) is 2.63. The van der Waals surface area contributed by atoms with Crippen molar-refractivity contribution in [3.05, 3.63) is 29.8 Å². The summed E-state index contributed by atoms with van der Waals surface area (Å²) in [7, 11) is 1.29. The summed E-state index contributed by atoms with van der Waals surface area (Å²) >= 11 is 0. The Hall–Kier alpha value is -2.37. The normalized spacial score (nSPS) is 12.8. The van der Waals surface area contributed by atoms with Gasteiger partial charge in [-0.05, 0) is 30.2 Å². The summed E-state index contributed by atoms with van der Waals surface area (Å²) in [6, 6.07) is 5.91. The SMILES string of the molecule is CCC(=O)c1ccc(OCC(=O)N[C@@H](C(=O)OC)[C@@H](C)CC)cc1. The Balaban J connectivity index is 2.58. The van der Waals surface area contributed by atoms with Gasteiger partial charge in [0.2, 0.25) is 0 Å². The number of nitrogens with one attached hydrogen (secondary N) is 1. The standard InChI is InChI=1S/C18H25NO5/c1-5-12(3)17(18(22)23-4)19-16(21)11-24-14-9-7-13(8-10-14)15(20)6-2/h7-10,12,17H,5-6,11H2,1-4H3,(H,19,21)/t12-,17+/m0/s1. The van der Waals surface area contributed by atoms with E-state index in [1.165, 1.54) is 7.11 Å². The maximum Gasteiger partial charge on any atom is 0.328 e. The number of ether oxygens (including phenoxy) is 2. The third-order valence-corrected chi connectivity index (χ3v) is 3.85. The van der Waals surface area contributed by atoms with Crippen molar-refractivity contribution in [1.82, 2.24) is 5.32 Å². The van der Waals surface area contributed by atoms with Crippen LogP contribution in [0.4, 0.5) is 0 Å². The molecule has 0 aliphatic carbocycles. The van der Waals surface area contributed by atoms with Crippen molar-refractivity contribution in [3.8, 4) is 5.75 Å². The molecule has 2 atom stereocenters. The highest BCUT2D eigenvalue weighted by Gasteiger charge is 2.26. The maximum atomic E-state index is 12.0. The number of esters is 1. The highest BCUT2D eigenvalue weighted by Crippen LogP contribution is 2.14. The van der Waals surface area contributed by atoms with Gasteiger partial charge in [-0.2, -0.15) is 0 Å². The van der Waals surface area contributed by atoms with Crippen LogP contribution in [0.1, 0.15) is 44.0 Å². The van der Waals surface area contributed by atoms with E-state index in [2.05, 4.69) is 5.32 Å². The summed E-state index contributed by atoms with van der Waals surface area (Å²) < 4.78 is 10.1. The van der Waals surface area contributed by atoms with Crippen LogP contribution < -0.4 is 10.1 Å². The second kappa shape index (κ2) is 9.70. The van der Waals surface area contributed by atoms with Crippen LogP contribution in [-0.4, -0.2) is 37.4 Å². The van der Waals surface area contributed by atoms with Crippen LogP contribution in [0.5, 0.6) is 5.75 Å². The Morgan fingerprint density at radius 1 is 1.12 bits per heavy atom. The summed E-state index contributed by atoms with van der Waals surface area (Å²) in [6.45, 7) is 5.38. The predicted molar refractivity (Wildman–Crippen MR) is 90.0 cm³/mol. The van der Waals surface area contributed by atoms with Gasteiger partial charge in [0.1, 0.15) is 11.8 Å². The molecule has 1 rings (SSSR count). The van der Waals surface area contributed by atoms with Gasteiger partial charge in [-0.25, -0.2) is 4.79 Å². The average Bonchev–Trinajstić information content (AvgIpc) is 2.62. The van der Waals surface area contributed by atoms with Crippen LogP contribution in [0.25, 0.3) is 0 Å². The molecule has 0 unspecified atom stereocenters. The first-order chi connectivity index (χ1) is 11.4. The van der Waals surface area contributed by atoms with Crippen LogP contribution >= 0.6 is 0 Å². The van der Waals surface area contributed by atoms with E-state index in [0.717, 1.165) is 6.42 Å². The predicted octanol–water partition coefficient (Wildman–Crippen LogP) is 2.36. The third-order valence-electron chi connectivity index (χ3n) is 3.85. The minimum Gasteiger partial charge on any atom is -0.484 e. The Bertz CT molecular complexity index is 567. The lowest BCUT2D eigenvalue weighted by Gasteiger charge is -2.21. The van der Waals surface area contributed by atoms with Crippen molar-refractivity contribution in [2.24, 2.45) is 5.92 Å². The smallest absolute Gasteiger partial charge is 0.328 e. The summed E-state index contributed by atoms with van der Waals surface area (Å²) in [4.78, 5) is 35.3.